The molecule has 100 valence electrons. The van der Waals surface area contributed by atoms with Crippen LogP contribution in [0.5, 0.6) is 0 Å². The number of nitrogens with two attached hydrogens (primary N) is 1. The zero-order valence-electron chi connectivity index (χ0n) is 9.63. The molecule has 0 amide bonds. The second kappa shape index (κ2) is 5.13. The number of rotatable bonds is 2. The molecule has 0 radical (unpaired) electrons. The molecule has 6 heteroatoms. The summed E-state index contributed by atoms with van der Waals surface area (Å²) in [5.41, 5.74) is 5.23. The predicted octanol–water partition coefficient (Wildman–Crippen LogP) is 4.79. The Balaban J connectivity index is 2.40. The number of alkyl halides is 3. The van der Waals surface area contributed by atoms with Crippen LogP contribution in [0.15, 0.2) is 46.9 Å². The van der Waals surface area contributed by atoms with Gasteiger partial charge in [0.05, 0.1) is 11.3 Å². The highest BCUT2D eigenvalue weighted by atomic mass is 79.9. The van der Waals surface area contributed by atoms with Crippen LogP contribution < -0.4 is 11.1 Å². The van der Waals surface area contributed by atoms with Crippen LogP contribution in [0.25, 0.3) is 0 Å². The number of nitrogen functional groups attached to an aromatic ring is 1. The third-order valence-corrected chi connectivity index (χ3v) is 2.95. The molecule has 0 saturated carbocycles. The number of halogens is 4. The van der Waals surface area contributed by atoms with E-state index in [1.165, 1.54) is 12.1 Å². The van der Waals surface area contributed by atoms with Crippen molar-refractivity contribution in [2.75, 3.05) is 11.1 Å². The summed E-state index contributed by atoms with van der Waals surface area (Å²) in [4.78, 5) is 0. The second-order valence-corrected chi connectivity index (χ2v) is 4.85. The van der Waals surface area contributed by atoms with Gasteiger partial charge in [-0.1, -0.05) is 22.0 Å². The molecular weight excluding hydrogens is 321 g/mol. The van der Waals surface area contributed by atoms with Crippen LogP contribution in [0.2, 0.25) is 0 Å². The molecule has 19 heavy (non-hydrogen) atoms. The number of hydrogen-bond acceptors (Lipinski definition) is 2. The van der Waals surface area contributed by atoms with Gasteiger partial charge in [0.15, 0.2) is 0 Å². The van der Waals surface area contributed by atoms with Gasteiger partial charge in [-0.15, -0.1) is 0 Å². The van der Waals surface area contributed by atoms with E-state index in [0.717, 1.165) is 10.5 Å². The quantitative estimate of drug-likeness (QED) is 0.776. The molecule has 0 aliphatic heterocycles. The maximum Gasteiger partial charge on any atom is 0.418 e. The Labute approximate surface area is 116 Å². The predicted molar refractivity (Wildman–Crippen MR) is 73.3 cm³/mol. The highest BCUT2D eigenvalue weighted by Gasteiger charge is 2.33. The van der Waals surface area contributed by atoms with E-state index in [0.29, 0.717) is 5.69 Å². The first kappa shape index (κ1) is 13.7. The monoisotopic (exact) mass is 330 g/mol. The molecule has 0 saturated heterocycles. The van der Waals surface area contributed by atoms with Crippen molar-refractivity contribution in [1.82, 2.24) is 0 Å². The highest BCUT2D eigenvalue weighted by molar-refractivity contribution is 9.10. The first-order chi connectivity index (χ1) is 8.86. The van der Waals surface area contributed by atoms with Gasteiger partial charge in [0.1, 0.15) is 0 Å². The SMILES string of the molecule is Nc1ccc(Nc2cccc(Br)c2)c(C(F)(F)F)c1. The molecule has 0 bridgehead atoms. The van der Waals surface area contributed by atoms with Crippen molar-refractivity contribution in [2.24, 2.45) is 0 Å². The summed E-state index contributed by atoms with van der Waals surface area (Å²) in [6.45, 7) is 0. The molecule has 2 aromatic rings. The van der Waals surface area contributed by atoms with Gasteiger partial charge in [-0.25, -0.2) is 0 Å². The van der Waals surface area contributed by atoms with E-state index in [1.807, 2.05) is 0 Å². The van der Waals surface area contributed by atoms with Gasteiger partial charge in [-0.05, 0) is 36.4 Å². The summed E-state index contributed by atoms with van der Waals surface area (Å²) in [7, 11) is 0. The van der Waals surface area contributed by atoms with Gasteiger partial charge in [0.25, 0.3) is 0 Å². The summed E-state index contributed by atoms with van der Waals surface area (Å²) in [5.74, 6) is 0. The number of anilines is 3. The van der Waals surface area contributed by atoms with Gasteiger partial charge in [0, 0.05) is 15.8 Å². The average molecular weight is 331 g/mol. The van der Waals surface area contributed by atoms with Crippen molar-refractivity contribution < 1.29 is 13.2 Å². The summed E-state index contributed by atoms with van der Waals surface area (Å²) in [6.07, 6.45) is -4.45. The van der Waals surface area contributed by atoms with Crippen LogP contribution in [0, 0.1) is 0 Å². The first-order valence-electron chi connectivity index (χ1n) is 5.35. The van der Waals surface area contributed by atoms with Crippen LogP contribution in [0.1, 0.15) is 5.56 Å². The van der Waals surface area contributed by atoms with Crippen LogP contribution in [-0.2, 0) is 6.18 Å². The van der Waals surface area contributed by atoms with Gasteiger partial charge in [0.2, 0.25) is 0 Å². The molecule has 0 unspecified atom stereocenters. The largest absolute Gasteiger partial charge is 0.418 e. The third kappa shape index (κ3) is 3.41. The van der Waals surface area contributed by atoms with E-state index in [4.69, 9.17) is 5.73 Å². The maximum atomic E-state index is 12.9. The highest BCUT2D eigenvalue weighted by Crippen LogP contribution is 2.37. The fraction of sp³-hybridized carbons (Fsp3) is 0.0769. The van der Waals surface area contributed by atoms with Gasteiger partial charge >= 0.3 is 6.18 Å². The Hall–Kier alpha value is -1.69. The molecule has 0 fully saturated rings. The van der Waals surface area contributed by atoms with Crippen molar-refractivity contribution in [3.8, 4) is 0 Å². The summed E-state index contributed by atoms with van der Waals surface area (Å²) in [5, 5.41) is 2.74. The zero-order chi connectivity index (χ0) is 14.0. The normalized spacial score (nSPS) is 11.4. The van der Waals surface area contributed by atoms with Crippen LogP contribution in [-0.4, -0.2) is 0 Å². The lowest BCUT2D eigenvalue weighted by atomic mass is 10.1. The van der Waals surface area contributed by atoms with Crippen LogP contribution in [0.3, 0.4) is 0 Å². The van der Waals surface area contributed by atoms with Crippen molar-refractivity contribution in [3.05, 3.63) is 52.5 Å². The standard InChI is InChI=1S/C13H10BrF3N2/c14-8-2-1-3-10(6-8)19-12-5-4-9(18)7-11(12)13(15,16)17/h1-7,19H,18H2. The van der Waals surface area contributed by atoms with E-state index < -0.39 is 11.7 Å². The molecule has 0 aromatic heterocycles. The van der Waals surface area contributed by atoms with Gasteiger partial charge in [-0.2, -0.15) is 13.2 Å². The molecule has 0 atom stereocenters. The minimum absolute atomic E-state index is 0.0280. The van der Waals surface area contributed by atoms with Crippen molar-refractivity contribution in [1.29, 1.82) is 0 Å². The first-order valence-corrected chi connectivity index (χ1v) is 6.15. The van der Waals surface area contributed by atoms with Gasteiger partial charge in [-0.3, -0.25) is 0 Å². The summed E-state index contributed by atoms with van der Waals surface area (Å²) < 4.78 is 39.5. The number of hydrogen-bond donors (Lipinski definition) is 2. The Bertz CT molecular complexity index is 597. The van der Waals surface area contributed by atoms with Crippen molar-refractivity contribution in [3.63, 3.8) is 0 Å². The lowest BCUT2D eigenvalue weighted by molar-refractivity contribution is -0.136. The van der Waals surface area contributed by atoms with Crippen molar-refractivity contribution >= 4 is 33.0 Å². The topological polar surface area (TPSA) is 38.0 Å². The molecule has 0 spiro atoms. The Kier molecular flexibility index (Phi) is 3.71. The molecule has 2 aromatic carbocycles. The molecular formula is C13H10BrF3N2. The number of benzene rings is 2. The smallest absolute Gasteiger partial charge is 0.399 e. The lowest BCUT2D eigenvalue weighted by Gasteiger charge is -2.15. The molecule has 2 rings (SSSR count). The minimum Gasteiger partial charge on any atom is -0.399 e. The fourth-order valence-electron chi connectivity index (χ4n) is 1.63. The molecule has 0 aliphatic rings. The minimum atomic E-state index is -4.45. The van der Waals surface area contributed by atoms with Crippen molar-refractivity contribution in [2.45, 2.75) is 6.18 Å². The van der Waals surface area contributed by atoms with E-state index in [9.17, 15) is 13.2 Å². The molecule has 0 heterocycles. The molecule has 2 nitrogen and oxygen atoms in total. The lowest BCUT2D eigenvalue weighted by Crippen LogP contribution is -2.09. The van der Waals surface area contributed by atoms with Crippen LogP contribution >= 0.6 is 15.9 Å². The summed E-state index contributed by atoms with van der Waals surface area (Å²) in [6, 6.07) is 10.6. The number of nitrogens with one attached hydrogen (secondary N) is 1. The molecule has 0 aliphatic carbocycles. The summed E-state index contributed by atoms with van der Waals surface area (Å²) >= 11 is 3.26. The molecule has 3 N–H and O–H groups in total. The Morgan fingerprint density at radius 1 is 1.05 bits per heavy atom. The van der Waals surface area contributed by atoms with E-state index in [1.54, 1.807) is 24.3 Å². The van der Waals surface area contributed by atoms with Gasteiger partial charge < -0.3 is 11.1 Å². The van der Waals surface area contributed by atoms with Crippen LogP contribution in [0.4, 0.5) is 30.2 Å². The average Bonchev–Trinajstić information content (AvgIpc) is 2.30. The van der Waals surface area contributed by atoms with E-state index in [-0.39, 0.29) is 11.4 Å². The second-order valence-electron chi connectivity index (χ2n) is 3.94. The Morgan fingerprint density at radius 3 is 2.42 bits per heavy atom. The fourth-order valence-corrected chi connectivity index (χ4v) is 2.03. The Morgan fingerprint density at radius 2 is 1.79 bits per heavy atom. The maximum absolute atomic E-state index is 12.9. The zero-order valence-corrected chi connectivity index (χ0v) is 11.2. The van der Waals surface area contributed by atoms with E-state index in [2.05, 4.69) is 21.2 Å². The third-order valence-electron chi connectivity index (χ3n) is 2.45. The van der Waals surface area contributed by atoms with E-state index >= 15 is 0 Å².